The Bertz CT molecular complexity index is 415. The molecule has 0 spiro atoms. The van der Waals surface area contributed by atoms with E-state index in [1.807, 2.05) is 0 Å². The molecule has 0 heterocycles. The molecular weight excluding hydrogens is 300 g/mol. The predicted octanol–water partition coefficient (Wildman–Crippen LogP) is 4.39. The fourth-order valence-corrected chi connectivity index (χ4v) is 1.46. The van der Waals surface area contributed by atoms with E-state index in [1.165, 1.54) is 0 Å². The minimum atomic E-state index is -5.86. The third-order valence-electron chi connectivity index (χ3n) is 2.44. The van der Waals surface area contributed by atoms with E-state index in [-0.39, 0.29) is 12.3 Å². The number of alkyl halides is 8. The molecule has 0 N–H and O–H groups in total. The molecule has 0 aliphatic heterocycles. The maximum atomic E-state index is 13.4. The number of hydrogen-bond acceptors (Lipinski definition) is 1. The van der Waals surface area contributed by atoms with Crippen LogP contribution in [0.3, 0.4) is 0 Å². The van der Waals surface area contributed by atoms with Gasteiger partial charge in [-0.05, 0) is 6.08 Å². The van der Waals surface area contributed by atoms with E-state index in [0.29, 0.717) is 12.2 Å². The number of ether oxygens (including phenoxy) is 1. The van der Waals surface area contributed by atoms with Crippen molar-refractivity contribution >= 4 is 0 Å². The molecule has 1 aliphatic carbocycles. The maximum absolute atomic E-state index is 13.4. The molecule has 0 bridgehead atoms. The zero-order valence-electron chi connectivity index (χ0n) is 9.60. The van der Waals surface area contributed by atoms with Crippen LogP contribution >= 0.6 is 0 Å². The van der Waals surface area contributed by atoms with Crippen molar-refractivity contribution in [2.75, 3.05) is 6.61 Å². The summed E-state index contributed by atoms with van der Waals surface area (Å²) in [6.45, 7) is -1.79. The Morgan fingerprint density at radius 2 is 1.40 bits per heavy atom. The fourth-order valence-electron chi connectivity index (χ4n) is 1.46. The van der Waals surface area contributed by atoms with Gasteiger partial charge in [-0.2, -0.15) is 35.1 Å². The van der Waals surface area contributed by atoms with Crippen LogP contribution in [0.15, 0.2) is 36.6 Å². The van der Waals surface area contributed by atoms with Gasteiger partial charge >= 0.3 is 18.3 Å². The minimum Gasteiger partial charge on any atom is -0.492 e. The van der Waals surface area contributed by atoms with Crippen LogP contribution in [0, 0.1) is 5.41 Å². The Kier molecular flexibility index (Phi) is 4.21. The second-order valence-corrected chi connectivity index (χ2v) is 3.95. The van der Waals surface area contributed by atoms with Crippen LogP contribution in [0.25, 0.3) is 0 Å². The average molecular weight is 308 g/mol. The molecule has 0 amide bonds. The molecule has 0 radical (unpaired) electrons. The quantitative estimate of drug-likeness (QED) is 0.553. The molecule has 0 aromatic rings. The van der Waals surface area contributed by atoms with E-state index in [0.717, 1.165) is 12.2 Å². The van der Waals surface area contributed by atoms with E-state index >= 15 is 0 Å². The molecule has 1 aliphatic rings. The lowest BCUT2D eigenvalue weighted by Gasteiger charge is -2.32. The van der Waals surface area contributed by atoms with E-state index in [9.17, 15) is 35.1 Å². The van der Waals surface area contributed by atoms with Crippen LogP contribution in [0.2, 0.25) is 0 Å². The summed E-state index contributed by atoms with van der Waals surface area (Å²) in [5.74, 6) is -5.18. The van der Waals surface area contributed by atoms with Gasteiger partial charge in [-0.15, -0.1) is 0 Å². The molecule has 0 unspecified atom stereocenters. The molecule has 114 valence electrons. The summed E-state index contributed by atoms with van der Waals surface area (Å²) < 4.78 is 103. The number of hydrogen-bond donors (Lipinski definition) is 0. The minimum absolute atomic E-state index is 0.188. The smallest absolute Gasteiger partial charge is 0.454 e. The van der Waals surface area contributed by atoms with Gasteiger partial charge < -0.3 is 4.74 Å². The van der Waals surface area contributed by atoms with E-state index in [1.54, 1.807) is 0 Å². The van der Waals surface area contributed by atoms with Gasteiger partial charge in [0.2, 0.25) is 0 Å². The third kappa shape index (κ3) is 3.31. The summed E-state index contributed by atoms with van der Waals surface area (Å²) in [6.07, 6.45) is -7.20. The molecule has 0 atom stereocenters. The first-order chi connectivity index (χ1) is 8.91. The van der Waals surface area contributed by atoms with Crippen molar-refractivity contribution in [1.82, 2.24) is 0 Å². The summed E-state index contributed by atoms with van der Waals surface area (Å²) in [6, 6.07) is 0. The summed E-state index contributed by atoms with van der Waals surface area (Å²) in [5.41, 5.74) is -2.89. The Hall–Kier alpha value is -1.54. The Balaban J connectivity index is 2.93. The fraction of sp³-hybridized carbons (Fsp3) is 0.455. The van der Waals surface area contributed by atoms with Crippen LogP contribution in [-0.4, -0.2) is 24.9 Å². The van der Waals surface area contributed by atoms with Crippen LogP contribution in [0.5, 0.6) is 0 Å². The third-order valence-corrected chi connectivity index (χ3v) is 2.44. The highest BCUT2D eigenvalue weighted by Gasteiger charge is 2.67. The topological polar surface area (TPSA) is 9.23 Å². The first-order valence-corrected chi connectivity index (χ1v) is 5.09. The van der Waals surface area contributed by atoms with Gasteiger partial charge in [0.1, 0.15) is 5.41 Å². The average Bonchev–Trinajstić information content (AvgIpc) is 2.71. The standard InChI is InChI=1S/C11H8F8O/c12-9(13,14)7-20-6-5-8(3-1-2-4-8)10(15,16)11(17,18)19/h1-6H,7H2/b6-5+. The lowest BCUT2D eigenvalue weighted by molar-refractivity contribution is -0.303. The van der Waals surface area contributed by atoms with Gasteiger partial charge in [0.15, 0.2) is 6.61 Å². The van der Waals surface area contributed by atoms with Crippen LogP contribution in [-0.2, 0) is 4.74 Å². The molecule has 0 aromatic heterocycles. The van der Waals surface area contributed by atoms with Crippen molar-refractivity contribution in [3.8, 4) is 0 Å². The summed E-state index contributed by atoms with van der Waals surface area (Å²) in [4.78, 5) is 0. The molecule has 0 aromatic carbocycles. The van der Waals surface area contributed by atoms with Gasteiger partial charge in [-0.25, -0.2) is 0 Å². The number of allylic oxidation sites excluding steroid dienone is 5. The van der Waals surface area contributed by atoms with Crippen LogP contribution in [0.1, 0.15) is 0 Å². The Morgan fingerprint density at radius 1 is 0.900 bits per heavy atom. The zero-order chi connectivity index (χ0) is 15.7. The normalized spacial score (nSPS) is 19.0. The maximum Gasteiger partial charge on any atom is 0.454 e. The molecule has 1 nitrogen and oxygen atoms in total. The summed E-state index contributed by atoms with van der Waals surface area (Å²) in [5, 5.41) is 0. The van der Waals surface area contributed by atoms with Crippen LogP contribution < -0.4 is 0 Å². The highest BCUT2D eigenvalue weighted by atomic mass is 19.4. The molecule has 1 rings (SSSR count). The molecule has 9 heteroatoms. The summed E-state index contributed by atoms with van der Waals surface area (Å²) >= 11 is 0. The first-order valence-electron chi connectivity index (χ1n) is 5.09. The SMILES string of the molecule is FC(F)(F)CO/C=C/C1(C(F)(F)C(F)(F)F)C=CC=C1. The Labute approximate surface area is 108 Å². The second-order valence-electron chi connectivity index (χ2n) is 3.95. The van der Waals surface area contributed by atoms with Gasteiger partial charge in [0.25, 0.3) is 0 Å². The lowest BCUT2D eigenvalue weighted by atomic mass is 9.82. The predicted molar refractivity (Wildman–Crippen MR) is 52.9 cm³/mol. The molecular formula is C11H8F8O. The van der Waals surface area contributed by atoms with Gasteiger partial charge in [0, 0.05) is 0 Å². The first kappa shape index (κ1) is 16.5. The molecule has 0 saturated carbocycles. The van der Waals surface area contributed by atoms with E-state index in [2.05, 4.69) is 4.74 Å². The number of rotatable bonds is 4. The van der Waals surface area contributed by atoms with E-state index < -0.39 is 30.3 Å². The Morgan fingerprint density at radius 3 is 1.80 bits per heavy atom. The van der Waals surface area contributed by atoms with Gasteiger partial charge in [-0.1, -0.05) is 24.3 Å². The van der Waals surface area contributed by atoms with Crippen molar-refractivity contribution in [1.29, 1.82) is 0 Å². The highest BCUT2D eigenvalue weighted by molar-refractivity contribution is 5.35. The summed E-state index contributed by atoms with van der Waals surface area (Å²) in [7, 11) is 0. The molecule has 20 heavy (non-hydrogen) atoms. The van der Waals surface area contributed by atoms with Crippen LogP contribution in [0.4, 0.5) is 35.1 Å². The van der Waals surface area contributed by atoms with Crippen molar-refractivity contribution in [2.45, 2.75) is 18.3 Å². The highest BCUT2D eigenvalue weighted by Crippen LogP contribution is 2.52. The van der Waals surface area contributed by atoms with Crippen molar-refractivity contribution in [3.63, 3.8) is 0 Å². The van der Waals surface area contributed by atoms with Gasteiger partial charge in [0.05, 0.1) is 6.26 Å². The monoisotopic (exact) mass is 308 g/mol. The number of halogens is 8. The van der Waals surface area contributed by atoms with Crippen molar-refractivity contribution in [3.05, 3.63) is 36.6 Å². The second kappa shape index (κ2) is 5.10. The molecule has 0 fully saturated rings. The largest absolute Gasteiger partial charge is 0.492 e. The van der Waals surface area contributed by atoms with E-state index in [4.69, 9.17) is 0 Å². The lowest BCUT2D eigenvalue weighted by Crippen LogP contribution is -2.48. The van der Waals surface area contributed by atoms with Crippen molar-refractivity contribution in [2.24, 2.45) is 5.41 Å². The molecule has 0 saturated heterocycles. The zero-order valence-corrected chi connectivity index (χ0v) is 9.60. The van der Waals surface area contributed by atoms with Crippen molar-refractivity contribution < 1.29 is 39.9 Å². The van der Waals surface area contributed by atoms with Gasteiger partial charge in [-0.3, -0.25) is 0 Å².